The van der Waals surface area contributed by atoms with Gasteiger partial charge in [0, 0.05) is 12.1 Å². The summed E-state index contributed by atoms with van der Waals surface area (Å²) in [5, 5.41) is 3.55. The molecule has 0 amide bonds. The van der Waals surface area contributed by atoms with Crippen molar-refractivity contribution in [2.75, 3.05) is 6.54 Å². The van der Waals surface area contributed by atoms with Gasteiger partial charge in [-0.1, -0.05) is 80.9 Å². The largest absolute Gasteiger partial charge is 0.324 e. The van der Waals surface area contributed by atoms with Crippen molar-refractivity contribution in [3.05, 3.63) is 71.8 Å². The van der Waals surface area contributed by atoms with Gasteiger partial charge >= 0.3 is 0 Å². The molecular weight excluding hydrogens is 280 g/mol. The van der Waals surface area contributed by atoms with Crippen LogP contribution in [0.2, 0.25) is 0 Å². The zero-order valence-corrected chi connectivity index (χ0v) is 15.0. The van der Waals surface area contributed by atoms with Crippen LogP contribution in [-0.2, 0) is 0 Å². The molecule has 2 heteroatoms. The predicted octanol–water partition coefficient (Wildman–Crippen LogP) is 5.09. The van der Waals surface area contributed by atoms with Crippen LogP contribution in [0.4, 0.5) is 0 Å². The zero-order valence-electron chi connectivity index (χ0n) is 15.0. The molecule has 3 atom stereocenters. The quantitative estimate of drug-likeness (QED) is 0.779. The molecule has 1 unspecified atom stereocenters. The fourth-order valence-corrected chi connectivity index (χ4v) is 2.14. The lowest BCUT2D eigenvalue weighted by Gasteiger charge is -2.16. The van der Waals surface area contributed by atoms with Crippen molar-refractivity contribution < 1.29 is 0 Å². The van der Waals surface area contributed by atoms with E-state index in [1.165, 1.54) is 17.5 Å². The fraction of sp³-hybridized carbons (Fsp3) is 0.429. The van der Waals surface area contributed by atoms with Crippen LogP contribution in [0.1, 0.15) is 57.3 Å². The van der Waals surface area contributed by atoms with Crippen molar-refractivity contribution in [1.29, 1.82) is 0 Å². The van der Waals surface area contributed by atoms with Gasteiger partial charge in [0.1, 0.15) is 0 Å². The van der Waals surface area contributed by atoms with E-state index >= 15 is 0 Å². The van der Waals surface area contributed by atoms with Gasteiger partial charge in [-0.15, -0.1) is 0 Å². The number of rotatable bonds is 6. The van der Waals surface area contributed by atoms with Gasteiger partial charge in [-0.3, -0.25) is 0 Å². The lowest BCUT2D eigenvalue weighted by molar-refractivity contribution is 0.461. The molecule has 0 fully saturated rings. The summed E-state index contributed by atoms with van der Waals surface area (Å²) in [6.07, 6.45) is 1.24. The third-order valence-electron chi connectivity index (χ3n) is 4.09. The summed E-state index contributed by atoms with van der Waals surface area (Å²) in [5.74, 6) is 0.765. The molecule has 2 aromatic rings. The third kappa shape index (κ3) is 7.96. The minimum atomic E-state index is 0.159. The molecule has 3 N–H and O–H groups in total. The lowest BCUT2D eigenvalue weighted by atomic mass is 10.1. The molecule has 0 radical (unpaired) electrons. The first-order chi connectivity index (χ1) is 11.0. The Morgan fingerprint density at radius 1 is 0.826 bits per heavy atom. The fourth-order valence-electron chi connectivity index (χ4n) is 2.14. The molecule has 2 aromatic carbocycles. The maximum Gasteiger partial charge on any atom is 0.0291 e. The van der Waals surface area contributed by atoms with E-state index in [2.05, 4.69) is 56.4 Å². The molecule has 0 aliphatic rings. The minimum Gasteiger partial charge on any atom is -0.324 e. The smallest absolute Gasteiger partial charge is 0.0291 e. The Morgan fingerprint density at radius 2 is 1.30 bits per heavy atom. The molecule has 0 spiro atoms. The summed E-state index contributed by atoms with van der Waals surface area (Å²) in [7, 11) is 0. The van der Waals surface area contributed by atoms with Crippen molar-refractivity contribution in [3.8, 4) is 0 Å². The van der Waals surface area contributed by atoms with Gasteiger partial charge in [0.05, 0.1) is 0 Å². The van der Waals surface area contributed by atoms with E-state index < -0.39 is 0 Å². The first kappa shape index (κ1) is 19.4. The molecule has 0 heterocycles. The van der Waals surface area contributed by atoms with Crippen molar-refractivity contribution in [2.45, 2.75) is 46.2 Å². The SMILES string of the molecule is CCC(C)CN[C@H](C)c1ccccc1.C[C@@H](N)c1ccccc1. The number of hydrogen-bond donors (Lipinski definition) is 2. The summed E-state index contributed by atoms with van der Waals surface area (Å²) < 4.78 is 0. The maximum absolute atomic E-state index is 5.61. The highest BCUT2D eigenvalue weighted by atomic mass is 14.9. The molecule has 126 valence electrons. The van der Waals surface area contributed by atoms with Gasteiger partial charge in [-0.2, -0.15) is 0 Å². The van der Waals surface area contributed by atoms with E-state index in [1.54, 1.807) is 0 Å². The van der Waals surface area contributed by atoms with Gasteiger partial charge in [0.15, 0.2) is 0 Å². The molecule has 0 aliphatic heterocycles. The number of nitrogens with two attached hydrogens (primary N) is 1. The Hall–Kier alpha value is -1.64. The Labute approximate surface area is 142 Å². The van der Waals surface area contributed by atoms with Crippen LogP contribution in [0.25, 0.3) is 0 Å². The monoisotopic (exact) mass is 312 g/mol. The molecule has 23 heavy (non-hydrogen) atoms. The molecule has 0 saturated heterocycles. The standard InChI is InChI=1S/C13H21N.C8H11N/c1-4-11(2)10-14-12(3)13-8-6-5-7-9-13;1-7(9)8-5-3-2-4-6-8/h5-9,11-12,14H,4,10H2,1-3H3;2-7H,9H2,1H3/t11?,12-;7-/m11/s1. The Kier molecular flexibility index (Phi) is 9.27. The van der Waals surface area contributed by atoms with Crippen LogP contribution in [0, 0.1) is 5.92 Å². The molecule has 2 nitrogen and oxygen atoms in total. The Morgan fingerprint density at radius 3 is 1.70 bits per heavy atom. The average Bonchev–Trinajstić information content (AvgIpc) is 2.61. The molecule has 0 bridgehead atoms. The first-order valence-corrected chi connectivity index (χ1v) is 8.63. The zero-order chi connectivity index (χ0) is 17.1. The first-order valence-electron chi connectivity index (χ1n) is 8.63. The average molecular weight is 313 g/mol. The number of hydrogen-bond acceptors (Lipinski definition) is 2. The van der Waals surface area contributed by atoms with E-state index in [9.17, 15) is 0 Å². The van der Waals surface area contributed by atoms with E-state index in [1.807, 2.05) is 37.3 Å². The second-order valence-corrected chi connectivity index (χ2v) is 6.25. The van der Waals surface area contributed by atoms with Crippen LogP contribution in [0.5, 0.6) is 0 Å². The summed E-state index contributed by atoms with van der Waals surface area (Å²) in [6, 6.07) is 21.3. The van der Waals surface area contributed by atoms with Crippen molar-refractivity contribution in [2.24, 2.45) is 11.7 Å². The van der Waals surface area contributed by atoms with Crippen LogP contribution in [-0.4, -0.2) is 6.54 Å². The number of nitrogens with one attached hydrogen (secondary N) is 1. The van der Waals surface area contributed by atoms with Gasteiger partial charge in [0.2, 0.25) is 0 Å². The summed E-state index contributed by atoms with van der Waals surface area (Å²) in [6.45, 7) is 9.82. The summed E-state index contributed by atoms with van der Waals surface area (Å²) in [4.78, 5) is 0. The second kappa shape index (κ2) is 11.0. The van der Waals surface area contributed by atoms with Gasteiger partial charge in [-0.05, 0) is 37.4 Å². The van der Waals surface area contributed by atoms with E-state index in [0.717, 1.165) is 12.5 Å². The second-order valence-electron chi connectivity index (χ2n) is 6.25. The van der Waals surface area contributed by atoms with Gasteiger partial charge < -0.3 is 11.1 Å². The van der Waals surface area contributed by atoms with Gasteiger partial charge in [-0.25, -0.2) is 0 Å². The molecule has 0 saturated carbocycles. The summed E-state index contributed by atoms with van der Waals surface area (Å²) in [5.41, 5.74) is 8.18. The lowest BCUT2D eigenvalue weighted by Crippen LogP contribution is -2.24. The highest BCUT2D eigenvalue weighted by molar-refractivity contribution is 5.18. The highest BCUT2D eigenvalue weighted by Gasteiger charge is 2.05. The van der Waals surface area contributed by atoms with E-state index in [0.29, 0.717) is 6.04 Å². The highest BCUT2D eigenvalue weighted by Crippen LogP contribution is 2.11. The van der Waals surface area contributed by atoms with Crippen molar-refractivity contribution in [3.63, 3.8) is 0 Å². The predicted molar refractivity (Wildman–Crippen MR) is 101 cm³/mol. The summed E-state index contributed by atoms with van der Waals surface area (Å²) >= 11 is 0. The molecular formula is C21H32N2. The molecule has 2 rings (SSSR count). The van der Waals surface area contributed by atoms with E-state index in [4.69, 9.17) is 5.73 Å². The van der Waals surface area contributed by atoms with Crippen LogP contribution in [0.3, 0.4) is 0 Å². The Bertz CT molecular complexity index is 508. The minimum absolute atomic E-state index is 0.159. The van der Waals surface area contributed by atoms with Gasteiger partial charge in [0.25, 0.3) is 0 Å². The van der Waals surface area contributed by atoms with E-state index in [-0.39, 0.29) is 6.04 Å². The van der Waals surface area contributed by atoms with Crippen molar-refractivity contribution >= 4 is 0 Å². The molecule has 0 aliphatic carbocycles. The van der Waals surface area contributed by atoms with Crippen LogP contribution < -0.4 is 11.1 Å². The van der Waals surface area contributed by atoms with Crippen LogP contribution in [0.15, 0.2) is 60.7 Å². The topological polar surface area (TPSA) is 38.0 Å². The molecule has 0 aromatic heterocycles. The Balaban J connectivity index is 0.000000253. The van der Waals surface area contributed by atoms with Crippen molar-refractivity contribution in [1.82, 2.24) is 5.32 Å². The number of benzene rings is 2. The third-order valence-corrected chi connectivity index (χ3v) is 4.09. The normalized spacial score (nSPS) is 14.3. The van der Waals surface area contributed by atoms with Crippen LogP contribution >= 0.6 is 0 Å². The maximum atomic E-state index is 5.61.